The third kappa shape index (κ3) is 78.1. The van der Waals surface area contributed by atoms with Crippen LogP contribution in [0.3, 0.4) is 0 Å². The Kier molecular flexibility index (Phi) is 79.4. The van der Waals surface area contributed by atoms with Crippen LogP contribution in [0.25, 0.3) is 9.69 Å². The van der Waals surface area contributed by atoms with Crippen LogP contribution in [0.1, 0.15) is 260 Å². The van der Waals surface area contributed by atoms with Gasteiger partial charge in [0.25, 0.3) is 0 Å². The summed E-state index contributed by atoms with van der Waals surface area (Å²) in [5.41, 5.74) is 0. The predicted octanol–water partition coefficient (Wildman–Crippen LogP) is 14.6. The van der Waals surface area contributed by atoms with Gasteiger partial charge in [0.1, 0.15) is 13.2 Å². The smallest absolute Gasteiger partial charge is 0.477 e. The highest BCUT2D eigenvalue weighted by Gasteiger charge is 2.29. The Balaban J connectivity index is -0.000000738. The van der Waals surface area contributed by atoms with Crippen molar-refractivity contribution in [3.05, 3.63) is 22.8 Å². The molecule has 0 radical (unpaired) electrons. The molecule has 3 amide bonds. The number of aliphatic carboxylic acids is 2. The van der Waals surface area contributed by atoms with E-state index in [4.69, 9.17) is 83.2 Å². The van der Waals surface area contributed by atoms with Crippen LogP contribution in [0.4, 0.5) is 0 Å². The van der Waals surface area contributed by atoms with Gasteiger partial charge in [-0.3, -0.25) is 46.9 Å². The molecule has 100 heavy (non-hydrogen) atoms. The zero-order valence-electron chi connectivity index (χ0n) is 62.1. The quantitative estimate of drug-likeness (QED) is 0.00823. The fourth-order valence-corrected chi connectivity index (χ4v) is 10.8. The monoisotopic (exact) mass is 1510 g/mol. The minimum absolute atomic E-state index is 0.00134. The van der Waals surface area contributed by atoms with E-state index in [2.05, 4.69) is 63.6 Å². The second-order valence-corrected chi connectivity index (χ2v) is 28.1. The minimum atomic E-state index is -3.95. The van der Waals surface area contributed by atoms with Crippen molar-refractivity contribution in [2.75, 3.05) is 126 Å². The molecule has 0 saturated carbocycles. The van der Waals surface area contributed by atoms with E-state index >= 15 is 0 Å². The maximum atomic E-state index is 12.9. The number of phosphoric acid groups is 2. The number of phosphoric ester groups is 2. The first-order chi connectivity index (χ1) is 48.1. The Bertz CT molecular complexity index is 2190. The maximum absolute atomic E-state index is 12.9. The van der Waals surface area contributed by atoms with Crippen molar-refractivity contribution >= 4 is 80.4 Å². The molecule has 0 heterocycles. The normalized spacial score (nSPS) is 12.0. The van der Waals surface area contributed by atoms with E-state index in [0.717, 1.165) is 83.8 Å². The summed E-state index contributed by atoms with van der Waals surface area (Å²) in [6.07, 6.45) is 32.3. The van der Waals surface area contributed by atoms with Crippen molar-refractivity contribution < 1.29 is 89.5 Å². The molecule has 0 fully saturated rings. The summed E-state index contributed by atoms with van der Waals surface area (Å²) in [5, 5.41) is 28.8. The number of halogens is 2. The van der Waals surface area contributed by atoms with Gasteiger partial charge in [-0.15, -0.1) is 0 Å². The van der Waals surface area contributed by atoms with Crippen LogP contribution in [0.15, 0.2) is 0 Å². The fourth-order valence-electron chi connectivity index (χ4n) is 8.68. The van der Waals surface area contributed by atoms with Gasteiger partial charge in [0.15, 0.2) is 0 Å². The molecule has 0 aliphatic carbocycles. The first kappa shape index (κ1) is 102. The second kappa shape index (κ2) is 77.6. The highest BCUT2D eigenvalue weighted by atomic mass is 35.5. The number of ether oxygens (including phenoxy) is 2. The molecule has 0 saturated heterocycles. The van der Waals surface area contributed by atoms with E-state index < -0.39 is 57.9 Å². The number of nitrogens with zero attached hydrogens (tertiary/aromatic N) is 4. The summed E-state index contributed by atoms with van der Waals surface area (Å²) in [6, 6.07) is 0. The van der Waals surface area contributed by atoms with Crippen LogP contribution >= 0.6 is 38.8 Å². The van der Waals surface area contributed by atoms with Gasteiger partial charge in [0.05, 0.1) is 19.6 Å². The third-order valence-electron chi connectivity index (χ3n) is 14.6. The molecule has 0 aromatic carbocycles. The largest absolute Gasteiger partial charge is 0.481 e. The van der Waals surface area contributed by atoms with Crippen LogP contribution in [-0.2, 0) is 79.3 Å². The molecule has 0 rings (SSSR count). The Hall–Kier alpha value is -4.05. The molecule has 31 heteroatoms. The maximum Gasteiger partial charge on any atom is 0.477 e. The standard InChI is InChI=1S/C33H63N4O8P.C23H44N3O7P.C11H23NO2.C2H2Cl2O2/c1-5-8-10-12-16-22-35-24-20-32(39)37(26-18-14-11-9-6-2)27-21-31(38)36-23-17-13-15-19-28-43-46(41,44-29-25-34-4)45-30-42-33(40)7-3;1-4-6-7-8-11-15-25-17-14-22(27)26-16-12-9-10-13-19-31-34(29,32-20-18-24-3)33-21-30-23(28)5-2;1-3-4-5-6-7-9-12(2)10-8-11(13)14;3-1(4)2(5)6/h35H,5-30H2,1-3H3,(H,36,38);25H,4-21H2,1-2H3,(H,26,27);3-10H2,1-2H3,(H,13,14);1H,(H,5,6). The lowest BCUT2D eigenvalue weighted by molar-refractivity contribution is -0.152. The van der Waals surface area contributed by atoms with Crippen molar-refractivity contribution in [1.82, 2.24) is 31.1 Å². The van der Waals surface area contributed by atoms with Crippen molar-refractivity contribution in [1.29, 1.82) is 0 Å². The predicted molar refractivity (Wildman–Crippen MR) is 394 cm³/mol. The summed E-state index contributed by atoms with van der Waals surface area (Å²) >= 11 is 9.56. The number of hydrogen-bond acceptors (Lipinski definition) is 20. The number of carboxylic acid groups (broad SMARTS) is 2. The molecular weight excluding hydrogens is 1380 g/mol. The molecule has 2 atom stereocenters. The first-order valence-corrected chi connectivity index (χ1v) is 40.6. The second-order valence-electron chi connectivity index (χ2n) is 23.6. The number of carbonyl (C=O) groups excluding carboxylic acids is 5. The molecule has 586 valence electrons. The van der Waals surface area contributed by atoms with Crippen molar-refractivity contribution in [2.24, 2.45) is 0 Å². The summed E-state index contributed by atoms with van der Waals surface area (Å²) in [5.74, 6) is -2.81. The number of hydrogen-bond donors (Lipinski definition) is 6. The van der Waals surface area contributed by atoms with Gasteiger partial charge in [0, 0.05) is 77.9 Å². The summed E-state index contributed by atoms with van der Waals surface area (Å²) in [6.45, 7) is 31.9. The molecule has 0 bridgehead atoms. The number of esters is 2. The topological polar surface area (TPSA) is 331 Å². The Morgan fingerprint density at radius 1 is 0.430 bits per heavy atom. The fraction of sp³-hybridized carbons (Fsp3) is 0.870. The van der Waals surface area contributed by atoms with E-state index in [9.17, 15) is 42.7 Å². The number of carboxylic acids is 2. The van der Waals surface area contributed by atoms with Gasteiger partial charge in [-0.05, 0) is 78.0 Å². The van der Waals surface area contributed by atoms with Gasteiger partial charge in [0.2, 0.25) is 49.2 Å². The van der Waals surface area contributed by atoms with Crippen LogP contribution < -0.4 is 21.3 Å². The van der Waals surface area contributed by atoms with Gasteiger partial charge >= 0.3 is 39.5 Å². The molecule has 0 aromatic heterocycles. The van der Waals surface area contributed by atoms with Gasteiger partial charge in [-0.2, -0.15) is 0 Å². The van der Waals surface area contributed by atoms with Crippen LogP contribution in [-0.4, -0.2) is 192 Å². The lowest BCUT2D eigenvalue weighted by Gasteiger charge is -2.23. The van der Waals surface area contributed by atoms with E-state index in [1.54, 1.807) is 13.8 Å². The van der Waals surface area contributed by atoms with Crippen molar-refractivity contribution in [3.63, 3.8) is 0 Å². The van der Waals surface area contributed by atoms with Crippen molar-refractivity contribution in [3.8, 4) is 0 Å². The SMILES string of the molecule is CCCCCCCN(C)CCC(=O)O.O=C(O)C(Cl)Cl.[C-]#[N+]CCOP(=O)(OCCCCCCNC(=O)CCN(CCCCCCC)C(=O)CCNCCCCCCC)OCOC(=O)CC.[C-]#[N+]CCOP(=O)(OCCCCCCNC(=O)CCNCCCCCCC)OCOC(=O)CC. The lowest BCUT2D eigenvalue weighted by Crippen LogP contribution is -2.37. The average Bonchev–Trinajstić information content (AvgIpc) is 0.950. The molecule has 0 aromatic rings. The number of rotatable bonds is 67. The highest BCUT2D eigenvalue weighted by Crippen LogP contribution is 2.50. The zero-order valence-corrected chi connectivity index (χ0v) is 65.4. The number of amides is 3. The van der Waals surface area contributed by atoms with E-state index in [1.165, 1.54) is 103 Å². The number of alkyl halides is 2. The summed E-state index contributed by atoms with van der Waals surface area (Å²) < 4.78 is 65.6. The number of carbonyl (C=O) groups is 7. The Morgan fingerprint density at radius 2 is 0.790 bits per heavy atom. The third-order valence-corrected chi connectivity index (χ3v) is 17.8. The molecule has 0 aliphatic rings. The summed E-state index contributed by atoms with van der Waals surface area (Å²) in [7, 11) is -5.86. The molecule has 27 nitrogen and oxygen atoms in total. The van der Waals surface area contributed by atoms with Crippen LogP contribution in [0, 0.1) is 13.1 Å². The van der Waals surface area contributed by atoms with Crippen molar-refractivity contribution in [2.45, 2.75) is 265 Å². The molecule has 0 aliphatic heterocycles. The summed E-state index contributed by atoms with van der Waals surface area (Å²) in [4.78, 5) is 88.4. The van der Waals surface area contributed by atoms with Crippen LogP contribution in [0.5, 0.6) is 0 Å². The number of nitrogens with one attached hydrogen (secondary N) is 4. The van der Waals surface area contributed by atoms with E-state index in [0.29, 0.717) is 71.5 Å². The highest BCUT2D eigenvalue weighted by molar-refractivity contribution is 7.48. The average molecular weight is 1510 g/mol. The zero-order chi connectivity index (χ0) is 75.4. The Labute approximate surface area is 611 Å². The van der Waals surface area contributed by atoms with E-state index in [-0.39, 0.29) is 82.9 Å². The van der Waals surface area contributed by atoms with Gasteiger partial charge in [-0.25, -0.2) is 36.1 Å². The minimum Gasteiger partial charge on any atom is -0.481 e. The molecular formula is C69H132Cl2N8O19P2. The number of unbranched alkanes of at least 4 members (excludes halogenated alkanes) is 22. The molecule has 0 spiro atoms. The lowest BCUT2D eigenvalue weighted by atomic mass is 10.1. The molecule has 2 unspecified atom stereocenters. The van der Waals surface area contributed by atoms with Gasteiger partial charge < -0.3 is 60.4 Å². The van der Waals surface area contributed by atoms with Gasteiger partial charge in [-0.1, -0.05) is 193 Å². The van der Waals surface area contributed by atoms with Crippen LogP contribution in [0.2, 0.25) is 0 Å². The molecule has 6 N–H and O–H groups in total. The van der Waals surface area contributed by atoms with E-state index in [1.807, 2.05) is 11.9 Å². The Morgan fingerprint density at radius 3 is 1.18 bits per heavy atom. The first-order valence-electron chi connectivity index (χ1n) is 36.8.